The van der Waals surface area contributed by atoms with Crippen molar-refractivity contribution >= 4 is 11.6 Å². The Hall–Kier alpha value is -3.74. The van der Waals surface area contributed by atoms with Gasteiger partial charge in [0.2, 0.25) is 0 Å². The molecule has 0 aliphatic carbocycles. The first-order chi connectivity index (χ1) is 13.2. The van der Waals surface area contributed by atoms with Gasteiger partial charge in [0.25, 0.3) is 11.5 Å². The molecule has 3 heterocycles. The number of aromatic nitrogens is 4. The third-order valence-corrected chi connectivity index (χ3v) is 4.24. The summed E-state index contributed by atoms with van der Waals surface area (Å²) in [7, 11) is 0. The summed E-state index contributed by atoms with van der Waals surface area (Å²) in [5.74, 6) is -0.278. The molecule has 0 aliphatic heterocycles. The Morgan fingerprint density at radius 3 is 2.78 bits per heavy atom. The first kappa shape index (κ1) is 16.7. The van der Waals surface area contributed by atoms with Crippen LogP contribution in [0.1, 0.15) is 15.9 Å². The van der Waals surface area contributed by atoms with Gasteiger partial charge < -0.3 is 5.32 Å². The zero-order valence-corrected chi connectivity index (χ0v) is 14.4. The van der Waals surface area contributed by atoms with Gasteiger partial charge in [0.15, 0.2) is 5.65 Å². The second-order valence-corrected chi connectivity index (χ2v) is 6.06. The van der Waals surface area contributed by atoms with Crippen LogP contribution in [0, 0.1) is 0 Å². The van der Waals surface area contributed by atoms with Crippen molar-refractivity contribution in [3.63, 3.8) is 0 Å². The lowest BCUT2D eigenvalue weighted by atomic mass is 10.1. The van der Waals surface area contributed by atoms with E-state index in [9.17, 15) is 9.59 Å². The normalized spacial score (nSPS) is 10.8. The van der Waals surface area contributed by atoms with E-state index in [0.29, 0.717) is 29.0 Å². The van der Waals surface area contributed by atoms with Crippen LogP contribution in [0.4, 0.5) is 0 Å². The fourth-order valence-corrected chi connectivity index (χ4v) is 2.87. The first-order valence-corrected chi connectivity index (χ1v) is 8.56. The molecule has 1 aromatic carbocycles. The molecule has 4 aromatic rings. The fraction of sp³-hybridized carbons (Fsp3) is 0.100. The lowest BCUT2D eigenvalue weighted by molar-refractivity contribution is 0.0955. The number of pyridine rings is 1. The van der Waals surface area contributed by atoms with Gasteiger partial charge in [-0.2, -0.15) is 0 Å². The first-order valence-electron chi connectivity index (χ1n) is 8.56. The number of amides is 1. The minimum atomic E-state index is -0.290. The molecule has 134 valence electrons. The second-order valence-electron chi connectivity index (χ2n) is 6.06. The molecule has 0 atom stereocenters. The maximum Gasteiger partial charge on any atom is 0.273 e. The second kappa shape index (κ2) is 7.25. The number of aromatic amines is 1. The number of fused-ring (bicyclic) bond motifs is 1. The van der Waals surface area contributed by atoms with Crippen molar-refractivity contribution < 1.29 is 4.79 Å². The summed E-state index contributed by atoms with van der Waals surface area (Å²) >= 11 is 0. The van der Waals surface area contributed by atoms with Crippen molar-refractivity contribution in [3.8, 4) is 11.3 Å². The smallest absolute Gasteiger partial charge is 0.273 e. The van der Waals surface area contributed by atoms with Crippen molar-refractivity contribution in [2.75, 3.05) is 6.54 Å². The van der Waals surface area contributed by atoms with E-state index in [4.69, 9.17) is 0 Å². The van der Waals surface area contributed by atoms with Gasteiger partial charge in [-0.3, -0.25) is 19.7 Å². The zero-order valence-electron chi connectivity index (χ0n) is 14.4. The minimum absolute atomic E-state index is 0.278. The molecule has 2 N–H and O–H groups in total. The largest absolute Gasteiger partial charge is 0.352 e. The molecular formula is C20H17N5O2. The van der Waals surface area contributed by atoms with Gasteiger partial charge in [-0.25, -0.2) is 9.50 Å². The van der Waals surface area contributed by atoms with Gasteiger partial charge >= 0.3 is 0 Å². The van der Waals surface area contributed by atoms with Gasteiger partial charge in [0.05, 0.1) is 5.69 Å². The van der Waals surface area contributed by atoms with E-state index in [1.54, 1.807) is 18.5 Å². The molecule has 7 heteroatoms. The molecular weight excluding hydrogens is 342 g/mol. The summed E-state index contributed by atoms with van der Waals surface area (Å²) in [6.45, 7) is 0.493. The van der Waals surface area contributed by atoms with E-state index < -0.39 is 0 Å². The minimum Gasteiger partial charge on any atom is -0.352 e. The van der Waals surface area contributed by atoms with Gasteiger partial charge in [-0.1, -0.05) is 30.3 Å². The molecule has 1 amide bonds. The number of rotatable bonds is 5. The Morgan fingerprint density at radius 2 is 2.00 bits per heavy atom. The van der Waals surface area contributed by atoms with Crippen molar-refractivity contribution in [2.45, 2.75) is 6.42 Å². The topological polar surface area (TPSA) is 92.2 Å². The van der Waals surface area contributed by atoms with Crippen molar-refractivity contribution in [1.29, 1.82) is 0 Å². The van der Waals surface area contributed by atoms with Gasteiger partial charge in [0, 0.05) is 36.8 Å². The number of carbonyl (C=O) groups excluding carboxylic acids is 1. The molecule has 3 aromatic heterocycles. The average molecular weight is 359 g/mol. The van der Waals surface area contributed by atoms with Crippen LogP contribution in [0.25, 0.3) is 16.9 Å². The van der Waals surface area contributed by atoms with Crippen LogP contribution in [0.2, 0.25) is 0 Å². The zero-order chi connectivity index (χ0) is 18.6. The maximum atomic E-state index is 12.6. The highest BCUT2D eigenvalue weighted by Crippen LogP contribution is 2.16. The summed E-state index contributed by atoms with van der Waals surface area (Å²) < 4.78 is 1.26. The molecule has 0 saturated heterocycles. The van der Waals surface area contributed by atoms with Gasteiger partial charge in [0.1, 0.15) is 5.56 Å². The third-order valence-electron chi connectivity index (χ3n) is 4.24. The Morgan fingerprint density at radius 1 is 1.15 bits per heavy atom. The van der Waals surface area contributed by atoms with Gasteiger partial charge in [-0.05, 0) is 24.1 Å². The van der Waals surface area contributed by atoms with Crippen LogP contribution in [0.5, 0.6) is 0 Å². The monoisotopic (exact) mass is 359 g/mol. The van der Waals surface area contributed by atoms with Crippen molar-refractivity contribution in [2.24, 2.45) is 0 Å². The van der Waals surface area contributed by atoms with Crippen molar-refractivity contribution in [3.05, 3.63) is 88.6 Å². The van der Waals surface area contributed by atoms with Crippen LogP contribution in [-0.2, 0) is 6.42 Å². The average Bonchev–Trinajstić information content (AvgIpc) is 3.14. The molecule has 0 radical (unpaired) electrons. The van der Waals surface area contributed by atoms with Crippen LogP contribution in [0.15, 0.2) is 71.9 Å². The summed E-state index contributed by atoms with van der Waals surface area (Å²) in [6.07, 6.45) is 5.50. The molecule has 4 rings (SSSR count). The highest BCUT2D eigenvalue weighted by Gasteiger charge is 2.16. The summed E-state index contributed by atoms with van der Waals surface area (Å²) in [5, 5.41) is 5.67. The Bertz CT molecular complexity index is 1130. The Balaban J connectivity index is 1.59. The SMILES string of the molecule is O=C(NCCc1ccccc1)c1c[nH]n2c(=O)cc(-c3cccnc3)nc12. The summed E-state index contributed by atoms with van der Waals surface area (Å²) in [5.41, 5.74) is 2.66. The number of H-pyrrole nitrogens is 1. The standard InChI is InChI=1S/C20H17N5O2/c26-18-11-17(15-7-4-9-21-12-15)24-19-16(13-23-25(18)19)20(27)22-10-8-14-5-2-1-3-6-14/h1-7,9,11-13,23H,8,10H2,(H,22,27). The van der Waals surface area contributed by atoms with E-state index in [0.717, 1.165) is 12.0 Å². The number of carbonyl (C=O) groups is 1. The number of nitrogens with one attached hydrogen (secondary N) is 2. The van der Waals surface area contributed by atoms with E-state index in [2.05, 4.69) is 20.4 Å². The molecule has 0 unspecified atom stereocenters. The Labute approximate surface area is 154 Å². The Kier molecular flexibility index (Phi) is 4.49. The van der Waals surface area contributed by atoms with Crippen LogP contribution in [-0.4, -0.2) is 32.0 Å². The molecule has 0 fully saturated rings. The van der Waals surface area contributed by atoms with Crippen molar-refractivity contribution in [1.82, 2.24) is 24.9 Å². The fourth-order valence-electron chi connectivity index (χ4n) is 2.87. The maximum absolute atomic E-state index is 12.6. The number of hydrogen-bond acceptors (Lipinski definition) is 4. The third kappa shape index (κ3) is 3.48. The van der Waals surface area contributed by atoms with E-state index in [1.165, 1.54) is 16.8 Å². The number of hydrogen-bond donors (Lipinski definition) is 2. The highest BCUT2D eigenvalue weighted by atomic mass is 16.2. The molecule has 7 nitrogen and oxygen atoms in total. The van der Waals surface area contributed by atoms with Crippen LogP contribution in [0.3, 0.4) is 0 Å². The predicted molar refractivity (Wildman–Crippen MR) is 102 cm³/mol. The number of nitrogens with zero attached hydrogens (tertiary/aromatic N) is 3. The quantitative estimate of drug-likeness (QED) is 0.570. The lowest BCUT2D eigenvalue weighted by Gasteiger charge is -2.05. The summed E-state index contributed by atoms with van der Waals surface area (Å²) in [4.78, 5) is 33.5. The van der Waals surface area contributed by atoms with E-state index >= 15 is 0 Å². The molecule has 0 spiro atoms. The van der Waals surface area contributed by atoms with E-state index in [1.807, 2.05) is 36.4 Å². The highest BCUT2D eigenvalue weighted by molar-refractivity contribution is 5.99. The number of benzene rings is 1. The van der Waals surface area contributed by atoms with E-state index in [-0.39, 0.29) is 11.5 Å². The summed E-state index contributed by atoms with van der Waals surface area (Å²) in [6, 6.07) is 14.9. The molecule has 0 aliphatic rings. The molecule has 27 heavy (non-hydrogen) atoms. The molecule has 0 bridgehead atoms. The van der Waals surface area contributed by atoms with Crippen LogP contribution < -0.4 is 10.9 Å². The molecule has 0 saturated carbocycles. The van der Waals surface area contributed by atoms with Crippen LogP contribution >= 0.6 is 0 Å². The lowest BCUT2D eigenvalue weighted by Crippen LogP contribution is -2.26. The van der Waals surface area contributed by atoms with Gasteiger partial charge in [-0.15, -0.1) is 0 Å². The predicted octanol–water partition coefficient (Wildman–Crippen LogP) is 2.06.